The van der Waals surface area contributed by atoms with Gasteiger partial charge in [0.2, 0.25) is 5.91 Å². The number of rotatable bonds is 4. The molecule has 0 bridgehead atoms. The van der Waals surface area contributed by atoms with Gasteiger partial charge in [0.25, 0.3) is 5.91 Å². The van der Waals surface area contributed by atoms with Gasteiger partial charge in [-0.3, -0.25) is 14.7 Å². The van der Waals surface area contributed by atoms with E-state index in [0.29, 0.717) is 24.5 Å². The van der Waals surface area contributed by atoms with Crippen molar-refractivity contribution in [1.82, 2.24) is 20.4 Å². The molecule has 3 N–H and O–H groups in total. The molecule has 7 nitrogen and oxygen atoms in total. The molecule has 2 heterocycles. The van der Waals surface area contributed by atoms with E-state index in [9.17, 15) is 14.7 Å². The maximum Gasteiger partial charge on any atom is 0.271 e. The summed E-state index contributed by atoms with van der Waals surface area (Å²) < 4.78 is 0. The lowest BCUT2D eigenvalue weighted by Gasteiger charge is -2.16. The molecule has 0 spiro atoms. The fourth-order valence-electron chi connectivity index (χ4n) is 3.30. The van der Waals surface area contributed by atoms with E-state index in [-0.39, 0.29) is 30.4 Å². The van der Waals surface area contributed by atoms with Crippen LogP contribution in [0.3, 0.4) is 0 Å². The zero-order valence-electron chi connectivity index (χ0n) is 15.2. The van der Waals surface area contributed by atoms with Crippen LogP contribution in [0, 0.1) is 19.8 Å². The molecule has 0 saturated carbocycles. The minimum absolute atomic E-state index is 0.0778. The van der Waals surface area contributed by atoms with Crippen molar-refractivity contribution in [1.29, 1.82) is 0 Å². The maximum atomic E-state index is 12.8. The molecule has 0 radical (unpaired) electrons. The zero-order valence-corrected chi connectivity index (χ0v) is 15.2. The van der Waals surface area contributed by atoms with E-state index in [4.69, 9.17) is 0 Å². The summed E-state index contributed by atoms with van der Waals surface area (Å²) in [7, 11) is 0. The van der Waals surface area contributed by atoms with Gasteiger partial charge in [-0.2, -0.15) is 5.10 Å². The Labute approximate surface area is 152 Å². The number of amides is 2. The number of aromatic amines is 1. The molecule has 7 heteroatoms. The summed E-state index contributed by atoms with van der Waals surface area (Å²) in [6.07, 6.45) is 0. The number of carbonyl (C=O) groups excluding carboxylic acids is 2. The average molecular weight is 356 g/mol. The summed E-state index contributed by atoms with van der Waals surface area (Å²) in [5.41, 5.74) is 4.44. The first-order valence-electron chi connectivity index (χ1n) is 8.69. The molecule has 2 unspecified atom stereocenters. The minimum Gasteiger partial charge on any atom is -0.396 e. The van der Waals surface area contributed by atoms with Crippen molar-refractivity contribution in [3.8, 4) is 11.3 Å². The van der Waals surface area contributed by atoms with E-state index in [1.165, 1.54) is 18.1 Å². The Morgan fingerprint density at radius 3 is 2.69 bits per heavy atom. The van der Waals surface area contributed by atoms with Crippen LogP contribution in [-0.4, -0.2) is 57.8 Å². The van der Waals surface area contributed by atoms with Crippen molar-refractivity contribution in [2.75, 3.05) is 19.7 Å². The van der Waals surface area contributed by atoms with Crippen molar-refractivity contribution in [2.24, 2.45) is 5.92 Å². The fraction of sp³-hybridized carbons (Fsp3) is 0.421. The molecule has 1 aliphatic rings. The number of H-pyrrole nitrogens is 1. The van der Waals surface area contributed by atoms with Crippen molar-refractivity contribution in [3.63, 3.8) is 0 Å². The van der Waals surface area contributed by atoms with Gasteiger partial charge in [0.1, 0.15) is 5.69 Å². The highest BCUT2D eigenvalue weighted by Crippen LogP contribution is 2.23. The van der Waals surface area contributed by atoms with Gasteiger partial charge in [-0.1, -0.05) is 12.1 Å². The summed E-state index contributed by atoms with van der Waals surface area (Å²) in [5.74, 6) is -0.509. The van der Waals surface area contributed by atoms with E-state index in [2.05, 4.69) is 22.4 Å². The highest BCUT2D eigenvalue weighted by molar-refractivity contribution is 5.93. The van der Waals surface area contributed by atoms with Crippen molar-refractivity contribution < 1.29 is 14.7 Å². The highest BCUT2D eigenvalue weighted by atomic mass is 16.3. The Morgan fingerprint density at radius 2 is 2.04 bits per heavy atom. The van der Waals surface area contributed by atoms with Gasteiger partial charge < -0.3 is 15.3 Å². The normalized spacial score (nSPS) is 19.6. The smallest absolute Gasteiger partial charge is 0.271 e. The van der Waals surface area contributed by atoms with E-state index < -0.39 is 0 Å². The first-order chi connectivity index (χ1) is 12.4. The third-order valence-electron chi connectivity index (χ3n) is 4.96. The van der Waals surface area contributed by atoms with Gasteiger partial charge in [0.05, 0.1) is 11.7 Å². The largest absolute Gasteiger partial charge is 0.396 e. The number of hydrogen-bond donors (Lipinski definition) is 3. The number of hydrogen-bond acceptors (Lipinski definition) is 4. The summed E-state index contributed by atoms with van der Waals surface area (Å²) in [5, 5.41) is 19.4. The van der Waals surface area contributed by atoms with Gasteiger partial charge in [0, 0.05) is 38.1 Å². The SMILES string of the molecule is CC(=O)NC1CN(C(=O)c2cc(-c3ccc(C)c(C)c3)n[nH]2)CC1CO. The number of nitrogens with one attached hydrogen (secondary N) is 2. The van der Waals surface area contributed by atoms with Crippen LogP contribution in [0.2, 0.25) is 0 Å². The van der Waals surface area contributed by atoms with Crippen LogP contribution in [0.25, 0.3) is 11.3 Å². The number of likely N-dealkylation sites (tertiary alicyclic amines) is 1. The van der Waals surface area contributed by atoms with Crippen LogP contribution in [-0.2, 0) is 4.79 Å². The average Bonchev–Trinajstić information content (AvgIpc) is 3.23. The molecule has 138 valence electrons. The second kappa shape index (κ2) is 7.29. The van der Waals surface area contributed by atoms with Crippen LogP contribution < -0.4 is 5.32 Å². The number of aliphatic hydroxyl groups is 1. The third kappa shape index (κ3) is 3.62. The van der Waals surface area contributed by atoms with Crippen LogP contribution in [0.5, 0.6) is 0 Å². The lowest BCUT2D eigenvalue weighted by Crippen LogP contribution is -2.40. The van der Waals surface area contributed by atoms with Gasteiger partial charge >= 0.3 is 0 Å². The van der Waals surface area contributed by atoms with Crippen molar-refractivity contribution in [3.05, 3.63) is 41.1 Å². The summed E-state index contributed by atoms with van der Waals surface area (Å²) in [4.78, 5) is 25.7. The second-order valence-corrected chi connectivity index (χ2v) is 6.93. The molecule has 1 aromatic heterocycles. The van der Waals surface area contributed by atoms with Gasteiger partial charge in [-0.05, 0) is 37.1 Å². The molecule has 2 aromatic rings. The van der Waals surface area contributed by atoms with E-state index >= 15 is 0 Å². The number of aromatic nitrogens is 2. The third-order valence-corrected chi connectivity index (χ3v) is 4.96. The van der Waals surface area contributed by atoms with Gasteiger partial charge in [-0.15, -0.1) is 0 Å². The van der Waals surface area contributed by atoms with E-state index in [0.717, 1.165) is 5.56 Å². The molecule has 3 rings (SSSR count). The predicted molar refractivity (Wildman–Crippen MR) is 97.6 cm³/mol. The van der Waals surface area contributed by atoms with E-state index in [1.807, 2.05) is 25.1 Å². The number of carbonyl (C=O) groups is 2. The Hall–Kier alpha value is -2.67. The number of aliphatic hydroxyl groups excluding tert-OH is 1. The lowest BCUT2D eigenvalue weighted by molar-refractivity contribution is -0.119. The van der Waals surface area contributed by atoms with Crippen molar-refractivity contribution in [2.45, 2.75) is 26.8 Å². The molecule has 0 aliphatic carbocycles. The monoisotopic (exact) mass is 356 g/mol. The molecule has 1 saturated heterocycles. The van der Waals surface area contributed by atoms with Crippen LogP contribution in [0.1, 0.15) is 28.5 Å². The Morgan fingerprint density at radius 1 is 1.27 bits per heavy atom. The van der Waals surface area contributed by atoms with Crippen LogP contribution >= 0.6 is 0 Å². The Balaban J connectivity index is 1.76. The molecule has 2 amide bonds. The number of aryl methyl sites for hydroxylation is 2. The Kier molecular flexibility index (Phi) is 5.08. The molecular weight excluding hydrogens is 332 g/mol. The van der Waals surface area contributed by atoms with E-state index in [1.54, 1.807) is 11.0 Å². The van der Waals surface area contributed by atoms with Crippen molar-refractivity contribution >= 4 is 11.8 Å². The quantitative estimate of drug-likeness (QED) is 0.768. The molecule has 1 fully saturated rings. The number of benzene rings is 1. The molecule has 1 aromatic carbocycles. The molecule has 2 atom stereocenters. The molecular formula is C19H24N4O3. The summed E-state index contributed by atoms with van der Waals surface area (Å²) >= 11 is 0. The number of nitrogens with zero attached hydrogens (tertiary/aromatic N) is 2. The minimum atomic E-state index is -0.233. The maximum absolute atomic E-state index is 12.8. The summed E-state index contributed by atoms with van der Waals surface area (Å²) in [6.45, 7) is 6.23. The first kappa shape index (κ1) is 18.1. The van der Waals surface area contributed by atoms with Crippen LogP contribution in [0.4, 0.5) is 0 Å². The first-order valence-corrected chi connectivity index (χ1v) is 8.69. The summed E-state index contributed by atoms with van der Waals surface area (Å²) in [6, 6.07) is 7.57. The van der Waals surface area contributed by atoms with Crippen LogP contribution in [0.15, 0.2) is 24.3 Å². The highest BCUT2D eigenvalue weighted by Gasteiger charge is 2.36. The standard InChI is InChI=1S/C19H24N4O3/c1-11-4-5-14(6-12(11)2)16-7-17(22-21-16)19(26)23-8-15(10-24)18(9-23)20-13(3)25/h4-7,15,18,24H,8-10H2,1-3H3,(H,20,25)(H,21,22). The topological polar surface area (TPSA) is 98.3 Å². The Bertz CT molecular complexity index is 830. The van der Waals surface area contributed by atoms with Gasteiger partial charge in [0.15, 0.2) is 0 Å². The fourth-order valence-corrected chi connectivity index (χ4v) is 3.30. The lowest BCUT2D eigenvalue weighted by atomic mass is 10.0. The molecule has 1 aliphatic heterocycles. The molecule has 26 heavy (non-hydrogen) atoms. The predicted octanol–water partition coefficient (Wildman–Crippen LogP) is 1.26. The zero-order chi connectivity index (χ0) is 18.8. The second-order valence-electron chi connectivity index (χ2n) is 6.93. The van der Waals surface area contributed by atoms with Gasteiger partial charge in [-0.25, -0.2) is 0 Å².